The number of hydrogen-bond acceptors (Lipinski definition) is 5. The van der Waals surface area contributed by atoms with Gasteiger partial charge in [-0.3, -0.25) is 9.69 Å². The lowest BCUT2D eigenvalue weighted by atomic mass is 10.1. The number of sulfonamides is 1. The van der Waals surface area contributed by atoms with Crippen LogP contribution in [-0.4, -0.2) is 57.4 Å². The van der Waals surface area contributed by atoms with Crippen molar-refractivity contribution in [3.8, 4) is 0 Å². The van der Waals surface area contributed by atoms with E-state index >= 15 is 0 Å². The van der Waals surface area contributed by atoms with Crippen LogP contribution >= 0.6 is 0 Å². The first-order chi connectivity index (χ1) is 14.1. The van der Waals surface area contributed by atoms with Crippen LogP contribution in [0.5, 0.6) is 0 Å². The van der Waals surface area contributed by atoms with E-state index in [0.717, 1.165) is 43.9 Å². The summed E-state index contributed by atoms with van der Waals surface area (Å²) in [6, 6.07) is 10.2. The molecule has 2 aromatic rings. The number of likely N-dealkylation sites (N-methyl/N-ethyl adjacent to an activating group) is 1. The number of benzene rings is 2. The highest BCUT2D eigenvalue weighted by molar-refractivity contribution is 7.90. The van der Waals surface area contributed by atoms with Gasteiger partial charge in [-0.1, -0.05) is 24.3 Å². The molecule has 0 spiro atoms. The number of piperazine rings is 1. The summed E-state index contributed by atoms with van der Waals surface area (Å²) in [5, 5.41) is 0. The minimum atomic E-state index is -4.86. The van der Waals surface area contributed by atoms with E-state index in [4.69, 9.17) is 0 Å². The van der Waals surface area contributed by atoms with Gasteiger partial charge >= 0.3 is 6.18 Å². The molecule has 0 atom stereocenters. The lowest BCUT2D eigenvalue weighted by Gasteiger charge is -2.32. The second kappa shape index (κ2) is 8.75. The Kier molecular flexibility index (Phi) is 6.49. The molecule has 1 amide bonds. The molecule has 1 aliphatic heterocycles. The van der Waals surface area contributed by atoms with Gasteiger partial charge in [0.1, 0.15) is 0 Å². The van der Waals surface area contributed by atoms with E-state index in [0.29, 0.717) is 12.6 Å². The molecule has 1 saturated heterocycles. The minimum absolute atomic E-state index is 0.0645. The normalized spacial score (nSPS) is 16.4. The fraction of sp³-hybridized carbons (Fsp3) is 0.350. The highest BCUT2D eigenvalue weighted by atomic mass is 32.2. The summed E-state index contributed by atoms with van der Waals surface area (Å²) in [6.45, 7) is 4.19. The van der Waals surface area contributed by atoms with E-state index in [1.54, 1.807) is 16.9 Å². The fourth-order valence-electron chi connectivity index (χ4n) is 3.25. The van der Waals surface area contributed by atoms with Crippen LogP contribution in [0.3, 0.4) is 0 Å². The SMILES string of the molecule is CN1CCN(Cc2cccc(C(=O)NS(=O)(=O)c3ccccc3C(F)(F)F)c2)CC1. The van der Waals surface area contributed by atoms with Crippen LogP contribution in [0.2, 0.25) is 0 Å². The lowest BCUT2D eigenvalue weighted by molar-refractivity contribution is -0.139. The predicted molar refractivity (Wildman–Crippen MR) is 105 cm³/mol. The van der Waals surface area contributed by atoms with Crippen LogP contribution < -0.4 is 4.72 Å². The van der Waals surface area contributed by atoms with Gasteiger partial charge in [0.05, 0.1) is 10.5 Å². The van der Waals surface area contributed by atoms with Crippen molar-refractivity contribution in [2.24, 2.45) is 0 Å². The molecule has 1 aliphatic rings. The minimum Gasteiger partial charge on any atom is -0.304 e. The molecule has 6 nitrogen and oxygen atoms in total. The van der Waals surface area contributed by atoms with E-state index in [9.17, 15) is 26.4 Å². The number of halogens is 3. The molecule has 1 N–H and O–H groups in total. The molecule has 0 saturated carbocycles. The average Bonchev–Trinajstić information content (AvgIpc) is 2.69. The molecule has 30 heavy (non-hydrogen) atoms. The Labute approximate surface area is 173 Å². The lowest BCUT2D eigenvalue weighted by Crippen LogP contribution is -2.43. The quantitative estimate of drug-likeness (QED) is 0.773. The number of carbonyl (C=O) groups excluding carboxylic acids is 1. The smallest absolute Gasteiger partial charge is 0.304 e. The number of rotatable bonds is 5. The number of hydrogen-bond donors (Lipinski definition) is 1. The second-order valence-electron chi connectivity index (χ2n) is 7.21. The fourth-order valence-corrected chi connectivity index (χ4v) is 4.45. The standard InChI is InChI=1S/C20H22F3N3O3S/c1-25-9-11-26(12-10-25)14-15-5-4-6-16(13-15)19(27)24-30(28,29)18-8-3-2-7-17(18)20(21,22)23/h2-8,13H,9-12,14H2,1H3,(H,24,27). The third kappa shape index (κ3) is 5.38. The van der Waals surface area contributed by atoms with Gasteiger partial charge in [0.2, 0.25) is 0 Å². The molecular formula is C20H22F3N3O3S. The largest absolute Gasteiger partial charge is 0.417 e. The third-order valence-corrected chi connectivity index (χ3v) is 6.29. The maximum absolute atomic E-state index is 13.2. The number of nitrogens with one attached hydrogen (secondary N) is 1. The van der Waals surface area contributed by atoms with E-state index < -0.39 is 32.6 Å². The molecular weight excluding hydrogens is 419 g/mol. The van der Waals surface area contributed by atoms with Crippen molar-refractivity contribution in [2.75, 3.05) is 33.2 Å². The molecule has 162 valence electrons. The zero-order chi connectivity index (χ0) is 21.9. The van der Waals surface area contributed by atoms with Crippen molar-refractivity contribution in [1.29, 1.82) is 0 Å². The zero-order valence-electron chi connectivity index (χ0n) is 16.3. The summed E-state index contributed by atoms with van der Waals surface area (Å²) >= 11 is 0. The number of alkyl halides is 3. The average molecular weight is 441 g/mol. The van der Waals surface area contributed by atoms with Gasteiger partial charge in [0.15, 0.2) is 0 Å². The van der Waals surface area contributed by atoms with Gasteiger partial charge < -0.3 is 4.90 Å². The van der Waals surface area contributed by atoms with Gasteiger partial charge in [-0.2, -0.15) is 13.2 Å². The molecule has 2 aromatic carbocycles. The van der Waals surface area contributed by atoms with Crippen molar-refractivity contribution in [3.05, 3.63) is 65.2 Å². The molecule has 0 aliphatic carbocycles. The van der Waals surface area contributed by atoms with Gasteiger partial charge in [-0.05, 0) is 36.9 Å². The molecule has 3 rings (SSSR count). The molecule has 0 radical (unpaired) electrons. The molecule has 0 bridgehead atoms. The van der Waals surface area contributed by atoms with Crippen LogP contribution in [0.1, 0.15) is 21.5 Å². The van der Waals surface area contributed by atoms with Crippen LogP contribution in [0.15, 0.2) is 53.4 Å². The highest BCUT2D eigenvalue weighted by Crippen LogP contribution is 2.33. The van der Waals surface area contributed by atoms with Crippen LogP contribution in [0.25, 0.3) is 0 Å². The number of nitrogens with zero attached hydrogens (tertiary/aromatic N) is 2. The van der Waals surface area contributed by atoms with Gasteiger partial charge in [0.25, 0.3) is 15.9 Å². The summed E-state index contributed by atoms with van der Waals surface area (Å²) in [5.74, 6) is -0.979. The summed E-state index contributed by atoms with van der Waals surface area (Å²) in [4.78, 5) is 15.9. The van der Waals surface area contributed by atoms with Crippen LogP contribution in [0.4, 0.5) is 13.2 Å². The summed E-state index contributed by atoms with van der Waals surface area (Å²) in [6.07, 6.45) is -4.86. The van der Waals surface area contributed by atoms with Crippen molar-refractivity contribution < 1.29 is 26.4 Å². The van der Waals surface area contributed by atoms with Crippen LogP contribution in [-0.2, 0) is 22.7 Å². The Morgan fingerprint density at radius 2 is 1.70 bits per heavy atom. The summed E-state index contributed by atoms with van der Waals surface area (Å²) in [5.41, 5.74) is -0.441. The molecule has 0 unspecified atom stereocenters. The van der Waals surface area contributed by atoms with E-state index in [1.165, 1.54) is 12.1 Å². The summed E-state index contributed by atoms with van der Waals surface area (Å²) < 4.78 is 66.2. The second-order valence-corrected chi connectivity index (χ2v) is 8.86. The first kappa shape index (κ1) is 22.3. The maximum atomic E-state index is 13.2. The molecule has 1 heterocycles. The van der Waals surface area contributed by atoms with Crippen molar-refractivity contribution in [1.82, 2.24) is 14.5 Å². The molecule has 10 heteroatoms. The van der Waals surface area contributed by atoms with Gasteiger partial charge in [-0.15, -0.1) is 0 Å². The zero-order valence-corrected chi connectivity index (χ0v) is 17.1. The number of carbonyl (C=O) groups is 1. The Hall–Kier alpha value is -2.43. The number of amides is 1. The van der Waals surface area contributed by atoms with E-state index in [1.807, 2.05) is 13.1 Å². The maximum Gasteiger partial charge on any atom is 0.417 e. The Morgan fingerprint density at radius 1 is 1.03 bits per heavy atom. The Bertz CT molecular complexity index is 1020. The third-order valence-electron chi connectivity index (χ3n) is 4.90. The van der Waals surface area contributed by atoms with Gasteiger partial charge in [0, 0.05) is 38.3 Å². The first-order valence-electron chi connectivity index (χ1n) is 9.29. The molecule has 1 fully saturated rings. The highest BCUT2D eigenvalue weighted by Gasteiger charge is 2.37. The van der Waals surface area contributed by atoms with Gasteiger partial charge in [-0.25, -0.2) is 13.1 Å². The monoisotopic (exact) mass is 441 g/mol. The van der Waals surface area contributed by atoms with Crippen molar-refractivity contribution in [3.63, 3.8) is 0 Å². The first-order valence-corrected chi connectivity index (χ1v) is 10.8. The van der Waals surface area contributed by atoms with Crippen molar-refractivity contribution in [2.45, 2.75) is 17.6 Å². The van der Waals surface area contributed by atoms with Crippen molar-refractivity contribution >= 4 is 15.9 Å². The molecule has 0 aromatic heterocycles. The van der Waals surface area contributed by atoms with E-state index in [2.05, 4.69) is 9.80 Å². The Balaban J connectivity index is 1.76. The summed E-state index contributed by atoms with van der Waals surface area (Å²) in [7, 11) is -2.66. The van der Waals surface area contributed by atoms with E-state index in [-0.39, 0.29) is 5.56 Å². The Morgan fingerprint density at radius 3 is 2.37 bits per heavy atom. The predicted octanol–water partition coefficient (Wildman–Crippen LogP) is 2.57. The topological polar surface area (TPSA) is 69.7 Å². The van der Waals surface area contributed by atoms with Crippen LogP contribution in [0, 0.1) is 0 Å².